The highest BCUT2D eigenvalue weighted by atomic mass is 15.2. The zero-order chi connectivity index (χ0) is 15.9. The summed E-state index contributed by atoms with van der Waals surface area (Å²) in [5.41, 5.74) is 2.27. The van der Waals surface area contributed by atoms with Crippen LogP contribution in [0.15, 0.2) is 23.3 Å². The van der Waals surface area contributed by atoms with Gasteiger partial charge in [0.2, 0.25) is 0 Å². The molecule has 1 aliphatic rings. The highest BCUT2D eigenvalue weighted by Gasteiger charge is 2.21. The lowest BCUT2D eigenvalue weighted by Crippen LogP contribution is -2.49. The molecule has 5 heteroatoms. The van der Waals surface area contributed by atoms with Crippen LogP contribution in [0.3, 0.4) is 0 Å². The minimum atomic E-state index is 0.506. The Morgan fingerprint density at radius 1 is 1.41 bits per heavy atom. The summed E-state index contributed by atoms with van der Waals surface area (Å²) in [5, 5.41) is 6.91. The Hall–Kier alpha value is -1.62. The van der Waals surface area contributed by atoms with Gasteiger partial charge in [0.1, 0.15) is 0 Å². The molecule has 122 valence electrons. The van der Waals surface area contributed by atoms with Crippen molar-refractivity contribution in [3.8, 4) is 0 Å². The molecule has 2 heterocycles. The maximum absolute atomic E-state index is 4.41. The number of aryl methyl sites for hydroxylation is 1. The molecule has 1 aliphatic heterocycles. The van der Waals surface area contributed by atoms with Gasteiger partial charge < -0.3 is 15.5 Å². The number of rotatable bonds is 4. The summed E-state index contributed by atoms with van der Waals surface area (Å²) in [4.78, 5) is 11.3. The molecule has 1 saturated heterocycles. The van der Waals surface area contributed by atoms with Gasteiger partial charge in [-0.2, -0.15) is 0 Å². The molecule has 0 spiro atoms. The predicted molar refractivity (Wildman–Crippen MR) is 92.0 cm³/mol. The van der Waals surface area contributed by atoms with Crippen LogP contribution in [-0.4, -0.2) is 48.1 Å². The van der Waals surface area contributed by atoms with Crippen LogP contribution in [-0.2, 0) is 6.54 Å². The van der Waals surface area contributed by atoms with Gasteiger partial charge in [-0.25, -0.2) is 0 Å². The second-order valence-corrected chi connectivity index (χ2v) is 6.24. The van der Waals surface area contributed by atoms with Crippen molar-refractivity contribution in [2.24, 2.45) is 4.99 Å². The third kappa shape index (κ3) is 4.70. The number of aliphatic imine (C=N–C) groups is 1. The molecule has 0 radical (unpaired) electrons. The van der Waals surface area contributed by atoms with E-state index in [-0.39, 0.29) is 0 Å². The lowest BCUT2D eigenvalue weighted by Gasteiger charge is -2.35. The van der Waals surface area contributed by atoms with Gasteiger partial charge in [0.25, 0.3) is 0 Å². The number of nitrogens with zero attached hydrogens (tertiary/aromatic N) is 3. The van der Waals surface area contributed by atoms with E-state index in [0.717, 1.165) is 24.7 Å². The van der Waals surface area contributed by atoms with Crippen LogP contribution in [0.4, 0.5) is 0 Å². The predicted octanol–water partition coefficient (Wildman–Crippen LogP) is 1.93. The molecule has 0 unspecified atom stereocenters. The average Bonchev–Trinajstić information content (AvgIpc) is 2.53. The van der Waals surface area contributed by atoms with Gasteiger partial charge in [0.15, 0.2) is 5.96 Å². The minimum Gasteiger partial charge on any atom is -0.354 e. The molecular formula is C17H29N5. The zero-order valence-electron chi connectivity index (χ0n) is 14.3. The molecule has 0 aromatic carbocycles. The summed E-state index contributed by atoms with van der Waals surface area (Å²) in [6.07, 6.45) is 4.17. The van der Waals surface area contributed by atoms with E-state index in [4.69, 9.17) is 0 Å². The van der Waals surface area contributed by atoms with Crippen molar-refractivity contribution < 1.29 is 0 Å². The van der Waals surface area contributed by atoms with Gasteiger partial charge >= 0.3 is 0 Å². The molecule has 0 aliphatic carbocycles. The number of hydrogen-bond acceptors (Lipinski definition) is 3. The van der Waals surface area contributed by atoms with Crippen molar-refractivity contribution in [1.82, 2.24) is 20.5 Å². The number of pyridine rings is 1. The Labute approximate surface area is 134 Å². The molecule has 1 aromatic heterocycles. The molecule has 1 fully saturated rings. The van der Waals surface area contributed by atoms with Crippen molar-refractivity contribution in [3.63, 3.8) is 0 Å². The fraction of sp³-hybridized carbons (Fsp3) is 0.647. The molecule has 0 bridgehead atoms. The quantitative estimate of drug-likeness (QED) is 0.659. The standard InChI is InChI=1S/C17H29N5/c1-13(2)22-10-7-15(8-11-22)21-17(18-4)20-12-16-14(3)6-5-9-19-16/h5-6,9,13,15H,7-8,10-12H2,1-4H3,(H2,18,20,21). The number of piperidine rings is 1. The maximum atomic E-state index is 4.41. The van der Waals surface area contributed by atoms with E-state index in [1.807, 2.05) is 19.3 Å². The number of likely N-dealkylation sites (tertiary alicyclic amines) is 1. The van der Waals surface area contributed by atoms with Crippen LogP contribution >= 0.6 is 0 Å². The van der Waals surface area contributed by atoms with Crippen molar-refractivity contribution in [2.75, 3.05) is 20.1 Å². The second kappa shape index (κ2) is 8.13. The summed E-state index contributed by atoms with van der Waals surface area (Å²) in [5.74, 6) is 0.869. The van der Waals surface area contributed by atoms with Crippen LogP contribution in [0.25, 0.3) is 0 Å². The van der Waals surface area contributed by atoms with E-state index in [2.05, 4.69) is 52.3 Å². The zero-order valence-corrected chi connectivity index (χ0v) is 14.3. The van der Waals surface area contributed by atoms with Crippen molar-refractivity contribution >= 4 is 5.96 Å². The average molecular weight is 303 g/mol. The van der Waals surface area contributed by atoms with E-state index in [1.54, 1.807) is 0 Å². The summed E-state index contributed by atoms with van der Waals surface area (Å²) in [6.45, 7) is 9.64. The van der Waals surface area contributed by atoms with Crippen LogP contribution in [0.2, 0.25) is 0 Å². The maximum Gasteiger partial charge on any atom is 0.191 e. The molecule has 1 aromatic rings. The second-order valence-electron chi connectivity index (χ2n) is 6.24. The highest BCUT2D eigenvalue weighted by Crippen LogP contribution is 2.12. The highest BCUT2D eigenvalue weighted by molar-refractivity contribution is 5.79. The fourth-order valence-electron chi connectivity index (χ4n) is 2.82. The Balaban J connectivity index is 1.80. The lowest BCUT2D eigenvalue weighted by molar-refractivity contribution is 0.167. The van der Waals surface area contributed by atoms with Gasteiger partial charge in [-0.3, -0.25) is 9.98 Å². The topological polar surface area (TPSA) is 52.6 Å². The number of nitrogens with one attached hydrogen (secondary N) is 2. The third-order valence-corrected chi connectivity index (χ3v) is 4.37. The Kier molecular flexibility index (Phi) is 6.19. The molecule has 5 nitrogen and oxygen atoms in total. The third-order valence-electron chi connectivity index (χ3n) is 4.37. The molecular weight excluding hydrogens is 274 g/mol. The van der Waals surface area contributed by atoms with Gasteiger partial charge in [-0.1, -0.05) is 6.07 Å². The summed E-state index contributed by atoms with van der Waals surface area (Å²) >= 11 is 0. The van der Waals surface area contributed by atoms with Crippen LogP contribution < -0.4 is 10.6 Å². The van der Waals surface area contributed by atoms with Gasteiger partial charge in [-0.15, -0.1) is 0 Å². The van der Waals surface area contributed by atoms with Gasteiger partial charge in [0.05, 0.1) is 12.2 Å². The number of hydrogen-bond donors (Lipinski definition) is 2. The first-order chi connectivity index (χ1) is 10.6. The van der Waals surface area contributed by atoms with Crippen LogP contribution in [0, 0.1) is 6.92 Å². The van der Waals surface area contributed by atoms with Crippen molar-refractivity contribution in [2.45, 2.75) is 52.2 Å². The summed E-state index contributed by atoms with van der Waals surface area (Å²) in [6, 6.07) is 5.20. The summed E-state index contributed by atoms with van der Waals surface area (Å²) < 4.78 is 0. The molecule has 22 heavy (non-hydrogen) atoms. The van der Waals surface area contributed by atoms with E-state index in [0.29, 0.717) is 18.6 Å². The lowest BCUT2D eigenvalue weighted by atomic mass is 10.0. The smallest absolute Gasteiger partial charge is 0.191 e. The first kappa shape index (κ1) is 16.7. The van der Waals surface area contributed by atoms with E-state index in [9.17, 15) is 0 Å². The molecule has 0 atom stereocenters. The van der Waals surface area contributed by atoms with Gasteiger partial charge in [-0.05, 0) is 45.2 Å². The molecule has 0 amide bonds. The minimum absolute atomic E-state index is 0.506. The van der Waals surface area contributed by atoms with Gasteiger partial charge in [0, 0.05) is 38.4 Å². The molecule has 2 N–H and O–H groups in total. The van der Waals surface area contributed by atoms with E-state index < -0.39 is 0 Å². The Morgan fingerprint density at radius 2 is 2.14 bits per heavy atom. The van der Waals surface area contributed by atoms with Crippen molar-refractivity contribution in [1.29, 1.82) is 0 Å². The fourth-order valence-corrected chi connectivity index (χ4v) is 2.82. The SMILES string of the molecule is CN=C(NCc1ncccc1C)NC1CCN(C(C)C)CC1. The van der Waals surface area contributed by atoms with Crippen LogP contribution in [0.1, 0.15) is 37.9 Å². The van der Waals surface area contributed by atoms with E-state index in [1.165, 1.54) is 18.4 Å². The van der Waals surface area contributed by atoms with E-state index >= 15 is 0 Å². The Morgan fingerprint density at radius 3 is 2.73 bits per heavy atom. The monoisotopic (exact) mass is 303 g/mol. The first-order valence-electron chi connectivity index (χ1n) is 8.22. The number of guanidine groups is 1. The first-order valence-corrected chi connectivity index (χ1v) is 8.22. The van der Waals surface area contributed by atoms with Crippen LogP contribution in [0.5, 0.6) is 0 Å². The Bertz CT molecular complexity index is 490. The number of aromatic nitrogens is 1. The largest absolute Gasteiger partial charge is 0.354 e. The van der Waals surface area contributed by atoms with Crippen molar-refractivity contribution in [3.05, 3.63) is 29.6 Å². The normalized spacial score (nSPS) is 17.8. The molecule has 2 rings (SSSR count). The summed E-state index contributed by atoms with van der Waals surface area (Å²) in [7, 11) is 1.82. The molecule has 0 saturated carbocycles.